The minimum absolute atomic E-state index is 0.0430. The number of ether oxygens (including phenoxy) is 1. The summed E-state index contributed by atoms with van der Waals surface area (Å²) in [5.74, 6) is 0.874. The highest BCUT2D eigenvalue weighted by Crippen LogP contribution is 2.32. The van der Waals surface area contributed by atoms with Gasteiger partial charge < -0.3 is 4.74 Å². The average molecular weight is 393 g/mol. The van der Waals surface area contributed by atoms with E-state index >= 15 is 0 Å². The van der Waals surface area contributed by atoms with E-state index in [0.717, 1.165) is 5.52 Å². The lowest BCUT2D eigenvalue weighted by Crippen LogP contribution is -2.02. The summed E-state index contributed by atoms with van der Waals surface area (Å²) in [6.45, 7) is 1.81. The molecule has 7 heteroatoms. The fraction of sp³-hybridized carbons (Fsp3) is 0.0870. The van der Waals surface area contributed by atoms with Crippen LogP contribution in [-0.4, -0.2) is 20.8 Å². The highest BCUT2D eigenvalue weighted by atomic mass is 16.5. The van der Waals surface area contributed by atoms with Crippen molar-refractivity contribution in [2.45, 2.75) is 13.3 Å². The number of carbonyl (C=O) groups excluding carboxylic acids is 1. The highest BCUT2D eigenvalue weighted by molar-refractivity contribution is 5.95. The summed E-state index contributed by atoms with van der Waals surface area (Å²) >= 11 is 0. The summed E-state index contributed by atoms with van der Waals surface area (Å²) in [5, 5.41) is 27.2. The Bertz CT molecular complexity index is 1340. The second kappa shape index (κ2) is 7.86. The zero-order chi connectivity index (χ0) is 21.1. The number of carbonyl (C=O) groups is 1. The molecule has 4 rings (SSSR count). The summed E-state index contributed by atoms with van der Waals surface area (Å²) < 4.78 is 7.60. The molecule has 30 heavy (non-hydrogen) atoms. The second-order valence-electron chi connectivity index (χ2n) is 6.48. The zero-order valence-corrected chi connectivity index (χ0v) is 16.0. The van der Waals surface area contributed by atoms with Gasteiger partial charge in [-0.3, -0.25) is 4.79 Å². The van der Waals surface area contributed by atoms with Crippen LogP contribution in [-0.2, 0) is 0 Å². The Kier molecular flexibility index (Phi) is 4.94. The van der Waals surface area contributed by atoms with Crippen LogP contribution in [0.2, 0.25) is 0 Å². The third-order valence-electron chi connectivity index (χ3n) is 4.65. The van der Waals surface area contributed by atoms with Crippen molar-refractivity contribution in [1.29, 1.82) is 10.5 Å². The number of hydrogen-bond acceptors (Lipinski definition) is 6. The lowest BCUT2D eigenvalue weighted by atomic mass is 10.1. The first-order valence-corrected chi connectivity index (χ1v) is 9.24. The maximum absolute atomic E-state index is 11.8. The lowest BCUT2D eigenvalue weighted by Gasteiger charge is -2.13. The van der Waals surface area contributed by atoms with Crippen molar-refractivity contribution in [3.63, 3.8) is 0 Å². The molecule has 0 bridgehead atoms. The number of fused-ring (bicyclic) bond motifs is 1. The molecule has 1 aromatic heterocycles. The third-order valence-corrected chi connectivity index (χ3v) is 4.65. The van der Waals surface area contributed by atoms with Crippen LogP contribution in [0.25, 0.3) is 16.7 Å². The Morgan fingerprint density at radius 3 is 2.43 bits per heavy atom. The molecule has 0 aliphatic carbocycles. The normalized spacial score (nSPS) is 10.4. The lowest BCUT2D eigenvalue weighted by molar-refractivity contribution is 0.0988. The Labute approximate surface area is 172 Å². The Morgan fingerprint density at radius 2 is 1.73 bits per heavy atom. The first-order valence-electron chi connectivity index (χ1n) is 9.24. The monoisotopic (exact) mass is 393 g/mol. The number of rotatable bonds is 5. The third kappa shape index (κ3) is 3.36. The van der Waals surface area contributed by atoms with Crippen molar-refractivity contribution < 1.29 is 9.53 Å². The molecule has 4 aromatic rings. The van der Waals surface area contributed by atoms with Gasteiger partial charge in [-0.25, -0.2) is 4.68 Å². The van der Waals surface area contributed by atoms with Gasteiger partial charge in [0.1, 0.15) is 29.1 Å². The summed E-state index contributed by atoms with van der Waals surface area (Å²) in [6, 6.07) is 21.3. The van der Waals surface area contributed by atoms with Gasteiger partial charge in [0.15, 0.2) is 11.5 Å². The van der Waals surface area contributed by atoms with Gasteiger partial charge in [0.2, 0.25) is 0 Å². The molecule has 0 fully saturated rings. The molecule has 0 amide bonds. The quantitative estimate of drug-likeness (QED) is 0.461. The first-order chi connectivity index (χ1) is 14.6. The molecule has 1 heterocycles. The van der Waals surface area contributed by atoms with Crippen molar-refractivity contribution in [3.05, 3.63) is 77.4 Å². The van der Waals surface area contributed by atoms with Crippen LogP contribution in [0.4, 0.5) is 0 Å². The Morgan fingerprint density at radius 1 is 1.03 bits per heavy atom. The van der Waals surface area contributed by atoms with Crippen molar-refractivity contribution >= 4 is 16.8 Å². The maximum atomic E-state index is 11.8. The Balaban J connectivity index is 1.83. The SMILES string of the molecule is CCC(=O)c1ccc(Oc2cc(C#N)c(C#N)cc2-n2nnc3ccccc32)cc1. The van der Waals surface area contributed by atoms with Crippen LogP contribution in [0.5, 0.6) is 11.5 Å². The molecule has 0 aliphatic heterocycles. The van der Waals surface area contributed by atoms with E-state index in [0.29, 0.717) is 34.7 Å². The minimum Gasteiger partial charge on any atom is -0.455 e. The fourth-order valence-electron chi connectivity index (χ4n) is 3.09. The smallest absolute Gasteiger partial charge is 0.162 e. The molecule has 0 atom stereocenters. The summed E-state index contributed by atoms with van der Waals surface area (Å²) in [5.41, 5.74) is 2.91. The van der Waals surface area contributed by atoms with E-state index in [2.05, 4.69) is 10.3 Å². The highest BCUT2D eigenvalue weighted by Gasteiger charge is 2.17. The minimum atomic E-state index is 0.0430. The number of Topliss-reactive ketones (excluding diaryl/α,β-unsaturated/α-hetero) is 1. The standard InChI is InChI=1S/C23H15N5O2/c1-2-22(29)15-7-9-18(10-8-15)30-23-12-17(14-25)16(13-24)11-21(23)28-20-6-4-3-5-19(20)26-27-28/h3-12H,2H2,1H3. The van der Waals surface area contributed by atoms with Gasteiger partial charge >= 0.3 is 0 Å². The van der Waals surface area contributed by atoms with Crippen molar-refractivity contribution in [3.8, 4) is 29.3 Å². The van der Waals surface area contributed by atoms with Gasteiger partial charge in [-0.2, -0.15) is 10.5 Å². The molecule has 0 saturated carbocycles. The molecule has 0 N–H and O–H groups in total. The average Bonchev–Trinajstić information content (AvgIpc) is 3.22. The van der Waals surface area contributed by atoms with Crippen molar-refractivity contribution in [2.75, 3.05) is 0 Å². The van der Waals surface area contributed by atoms with Gasteiger partial charge in [0.05, 0.1) is 16.6 Å². The van der Waals surface area contributed by atoms with E-state index in [1.807, 2.05) is 43.3 Å². The first kappa shape index (κ1) is 18.9. The zero-order valence-electron chi connectivity index (χ0n) is 16.0. The van der Waals surface area contributed by atoms with E-state index in [-0.39, 0.29) is 16.9 Å². The van der Waals surface area contributed by atoms with Crippen LogP contribution in [0.15, 0.2) is 60.7 Å². The largest absolute Gasteiger partial charge is 0.455 e. The molecule has 0 radical (unpaired) electrons. The van der Waals surface area contributed by atoms with Crippen molar-refractivity contribution in [1.82, 2.24) is 15.0 Å². The van der Waals surface area contributed by atoms with E-state index in [1.54, 1.807) is 35.0 Å². The number of nitriles is 2. The number of aromatic nitrogens is 3. The van der Waals surface area contributed by atoms with Crippen LogP contribution < -0.4 is 4.74 Å². The number of para-hydroxylation sites is 1. The molecule has 0 saturated heterocycles. The summed E-state index contributed by atoms with van der Waals surface area (Å²) in [6.07, 6.45) is 0.422. The molecule has 7 nitrogen and oxygen atoms in total. The van der Waals surface area contributed by atoms with Gasteiger partial charge in [-0.1, -0.05) is 24.3 Å². The Hall–Kier alpha value is -4.49. The fourth-order valence-corrected chi connectivity index (χ4v) is 3.09. The van der Waals surface area contributed by atoms with Crippen LogP contribution >= 0.6 is 0 Å². The molecule has 0 aliphatic rings. The number of benzene rings is 3. The number of ketones is 1. The van der Waals surface area contributed by atoms with E-state index < -0.39 is 0 Å². The van der Waals surface area contributed by atoms with Gasteiger partial charge in [-0.15, -0.1) is 5.10 Å². The van der Waals surface area contributed by atoms with Crippen LogP contribution in [0.1, 0.15) is 34.8 Å². The topological polar surface area (TPSA) is 105 Å². The summed E-state index contributed by atoms with van der Waals surface area (Å²) in [4.78, 5) is 11.8. The molecule has 0 unspecified atom stereocenters. The van der Waals surface area contributed by atoms with Crippen LogP contribution in [0.3, 0.4) is 0 Å². The van der Waals surface area contributed by atoms with Crippen LogP contribution in [0, 0.1) is 22.7 Å². The van der Waals surface area contributed by atoms with Gasteiger partial charge in [0.25, 0.3) is 0 Å². The molecule has 3 aromatic carbocycles. The molecular formula is C23H15N5O2. The predicted molar refractivity (Wildman–Crippen MR) is 109 cm³/mol. The van der Waals surface area contributed by atoms with Gasteiger partial charge in [0, 0.05) is 18.1 Å². The van der Waals surface area contributed by atoms with E-state index in [9.17, 15) is 15.3 Å². The van der Waals surface area contributed by atoms with Crippen molar-refractivity contribution in [2.24, 2.45) is 0 Å². The molecule has 0 spiro atoms. The van der Waals surface area contributed by atoms with E-state index in [4.69, 9.17) is 4.74 Å². The number of hydrogen-bond donors (Lipinski definition) is 0. The van der Waals surface area contributed by atoms with Gasteiger partial charge in [-0.05, 0) is 42.5 Å². The molecule has 144 valence electrons. The maximum Gasteiger partial charge on any atom is 0.162 e. The predicted octanol–water partition coefficient (Wildman–Crippen LogP) is 4.55. The molecular weight excluding hydrogens is 378 g/mol. The second-order valence-corrected chi connectivity index (χ2v) is 6.48. The summed E-state index contributed by atoms with van der Waals surface area (Å²) in [7, 11) is 0. The number of nitrogens with zero attached hydrogens (tertiary/aromatic N) is 5. The van der Waals surface area contributed by atoms with E-state index in [1.165, 1.54) is 6.07 Å².